The Labute approximate surface area is 97.8 Å². The minimum absolute atomic E-state index is 0.362. The van der Waals surface area contributed by atoms with Gasteiger partial charge in [0.15, 0.2) is 0 Å². The molecule has 5 heteroatoms. The Hall–Kier alpha value is -1.10. The Morgan fingerprint density at radius 1 is 1.12 bits per heavy atom. The zero-order valence-electron chi connectivity index (χ0n) is 9.57. The van der Waals surface area contributed by atoms with Crippen LogP contribution in [-0.2, 0) is 12.6 Å². The fourth-order valence-electron chi connectivity index (χ4n) is 1.49. The van der Waals surface area contributed by atoms with Gasteiger partial charge in [-0.3, -0.25) is 0 Å². The molecule has 0 heterocycles. The summed E-state index contributed by atoms with van der Waals surface area (Å²) in [6.07, 6.45) is -3.15. The summed E-state index contributed by atoms with van der Waals surface area (Å²) in [6, 6.07) is 2.66. The monoisotopic (exact) mass is 249 g/mol. The molecule has 0 bridgehead atoms. The van der Waals surface area contributed by atoms with Gasteiger partial charge in [0.05, 0.1) is 5.56 Å². The van der Waals surface area contributed by atoms with Gasteiger partial charge in [-0.2, -0.15) is 13.2 Å². The second-order valence-electron chi connectivity index (χ2n) is 3.85. The van der Waals surface area contributed by atoms with E-state index < -0.39 is 17.6 Å². The SMILES string of the molecule is CCCNCCc1cc(F)cc(C(F)(F)F)c1. The van der Waals surface area contributed by atoms with Crippen molar-refractivity contribution < 1.29 is 17.6 Å². The van der Waals surface area contributed by atoms with Crippen LogP contribution in [0.3, 0.4) is 0 Å². The molecule has 1 N–H and O–H groups in total. The first-order valence-electron chi connectivity index (χ1n) is 5.51. The summed E-state index contributed by atoms with van der Waals surface area (Å²) < 4.78 is 50.2. The number of nitrogens with one attached hydrogen (secondary N) is 1. The highest BCUT2D eigenvalue weighted by Crippen LogP contribution is 2.30. The van der Waals surface area contributed by atoms with Crippen LogP contribution in [0.4, 0.5) is 17.6 Å². The van der Waals surface area contributed by atoms with Gasteiger partial charge in [0, 0.05) is 0 Å². The van der Waals surface area contributed by atoms with Gasteiger partial charge in [-0.05, 0) is 49.7 Å². The average molecular weight is 249 g/mol. The molecule has 0 spiro atoms. The Kier molecular flexibility index (Phi) is 4.93. The molecule has 0 saturated carbocycles. The van der Waals surface area contributed by atoms with E-state index in [4.69, 9.17) is 0 Å². The Bertz CT molecular complexity index is 360. The van der Waals surface area contributed by atoms with E-state index in [1.165, 1.54) is 0 Å². The molecule has 0 aliphatic rings. The normalized spacial score (nSPS) is 11.8. The average Bonchev–Trinajstić information content (AvgIpc) is 2.22. The molecule has 96 valence electrons. The molecule has 0 aromatic heterocycles. The van der Waals surface area contributed by atoms with E-state index in [-0.39, 0.29) is 0 Å². The quantitative estimate of drug-likeness (QED) is 0.623. The van der Waals surface area contributed by atoms with E-state index in [0.717, 1.165) is 25.1 Å². The van der Waals surface area contributed by atoms with E-state index >= 15 is 0 Å². The van der Waals surface area contributed by atoms with Crippen molar-refractivity contribution in [2.75, 3.05) is 13.1 Å². The molecule has 1 nitrogen and oxygen atoms in total. The van der Waals surface area contributed by atoms with Crippen molar-refractivity contribution in [2.45, 2.75) is 25.9 Å². The maximum Gasteiger partial charge on any atom is 0.416 e. The van der Waals surface area contributed by atoms with Crippen LogP contribution in [0.5, 0.6) is 0 Å². The molecule has 0 fully saturated rings. The fraction of sp³-hybridized carbons (Fsp3) is 0.500. The predicted molar refractivity (Wildman–Crippen MR) is 58.3 cm³/mol. The van der Waals surface area contributed by atoms with Gasteiger partial charge in [0.2, 0.25) is 0 Å². The van der Waals surface area contributed by atoms with Crippen LogP contribution < -0.4 is 5.32 Å². The molecule has 0 radical (unpaired) electrons. The molecule has 1 rings (SSSR count). The minimum Gasteiger partial charge on any atom is -0.316 e. The van der Waals surface area contributed by atoms with E-state index in [2.05, 4.69) is 5.32 Å². The first kappa shape index (κ1) is 14.0. The highest BCUT2D eigenvalue weighted by atomic mass is 19.4. The van der Waals surface area contributed by atoms with Gasteiger partial charge in [0.1, 0.15) is 5.82 Å². The Balaban J connectivity index is 2.69. The molecule has 17 heavy (non-hydrogen) atoms. The van der Waals surface area contributed by atoms with Crippen molar-refractivity contribution >= 4 is 0 Å². The maximum atomic E-state index is 13.0. The fourth-order valence-corrected chi connectivity index (χ4v) is 1.49. The minimum atomic E-state index is -4.49. The number of halogens is 4. The molecule has 0 amide bonds. The lowest BCUT2D eigenvalue weighted by Gasteiger charge is -2.09. The molecule has 0 unspecified atom stereocenters. The molecular formula is C12H15F4N. The lowest BCUT2D eigenvalue weighted by atomic mass is 10.1. The lowest BCUT2D eigenvalue weighted by Crippen LogP contribution is -2.18. The number of alkyl halides is 3. The van der Waals surface area contributed by atoms with Crippen LogP contribution in [0, 0.1) is 5.82 Å². The predicted octanol–water partition coefficient (Wildman–Crippen LogP) is 3.39. The third-order valence-electron chi connectivity index (χ3n) is 2.30. The second-order valence-corrected chi connectivity index (χ2v) is 3.85. The first-order chi connectivity index (χ1) is 7.93. The summed E-state index contributed by atoms with van der Waals surface area (Å²) in [4.78, 5) is 0. The highest BCUT2D eigenvalue weighted by Gasteiger charge is 2.31. The smallest absolute Gasteiger partial charge is 0.316 e. The van der Waals surface area contributed by atoms with Crippen LogP contribution in [0.2, 0.25) is 0 Å². The molecule has 1 aromatic carbocycles. The van der Waals surface area contributed by atoms with Gasteiger partial charge < -0.3 is 5.32 Å². The number of rotatable bonds is 5. The maximum absolute atomic E-state index is 13.0. The van der Waals surface area contributed by atoms with Crippen molar-refractivity contribution in [3.63, 3.8) is 0 Å². The second kappa shape index (κ2) is 6.00. The number of hydrogen-bond donors (Lipinski definition) is 1. The molecule has 0 atom stereocenters. The van der Waals surface area contributed by atoms with E-state index in [1.807, 2.05) is 6.92 Å². The van der Waals surface area contributed by atoms with Crippen molar-refractivity contribution in [2.24, 2.45) is 0 Å². The summed E-state index contributed by atoms with van der Waals surface area (Å²) in [5, 5.41) is 3.06. The number of hydrogen-bond acceptors (Lipinski definition) is 1. The largest absolute Gasteiger partial charge is 0.416 e. The zero-order chi connectivity index (χ0) is 12.9. The third kappa shape index (κ3) is 4.73. The number of benzene rings is 1. The van der Waals surface area contributed by atoms with Crippen molar-refractivity contribution in [1.29, 1.82) is 0 Å². The summed E-state index contributed by atoms with van der Waals surface area (Å²) in [5.41, 5.74) is -0.566. The van der Waals surface area contributed by atoms with Crippen LogP contribution in [-0.4, -0.2) is 13.1 Å². The van der Waals surface area contributed by atoms with Gasteiger partial charge in [0.25, 0.3) is 0 Å². The van der Waals surface area contributed by atoms with Gasteiger partial charge in [-0.15, -0.1) is 0 Å². The summed E-state index contributed by atoms with van der Waals surface area (Å²) >= 11 is 0. The van der Waals surface area contributed by atoms with Gasteiger partial charge >= 0.3 is 6.18 Å². The Morgan fingerprint density at radius 3 is 2.41 bits per heavy atom. The lowest BCUT2D eigenvalue weighted by molar-refractivity contribution is -0.137. The van der Waals surface area contributed by atoms with Crippen LogP contribution in [0.25, 0.3) is 0 Å². The summed E-state index contributed by atoms with van der Waals surface area (Å²) in [7, 11) is 0. The molecular weight excluding hydrogens is 234 g/mol. The summed E-state index contributed by atoms with van der Waals surface area (Å²) in [5.74, 6) is -0.842. The highest BCUT2D eigenvalue weighted by molar-refractivity contribution is 5.27. The van der Waals surface area contributed by atoms with Gasteiger partial charge in [-0.25, -0.2) is 4.39 Å². The topological polar surface area (TPSA) is 12.0 Å². The van der Waals surface area contributed by atoms with E-state index in [9.17, 15) is 17.6 Å². The van der Waals surface area contributed by atoms with E-state index in [1.54, 1.807) is 0 Å². The third-order valence-corrected chi connectivity index (χ3v) is 2.30. The molecule has 1 aromatic rings. The van der Waals surface area contributed by atoms with E-state index in [0.29, 0.717) is 24.6 Å². The standard InChI is InChI=1S/C12H15F4N/c1-2-4-17-5-3-9-6-10(12(14,15)16)8-11(13)7-9/h6-8,17H,2-5H2,1H3. The van der Waals surface area contributed by atoms with Crippen molar-refractivity contribution in [3.8, 4) is 0 Å². The molecule has 0 aliphatic carbocycles. The summed E-state index contributed by atoms with van der Waals surface area (Å²) in [6.45, 7) is 3.35. The van der Waals surface area contributed by atoms with Crippen molar-refractivity contribution in [3.05, 3.63) is 35.1 Å². The Morgan fingerprint density at radius 2 is 1.82 bits per heavy atom. The van der Waals surface area contributed by atoms with Crippen LogP contribution in [0.1, 0.15) is 24.5 Å². The zero-order valence-corrected chi connectivity index (χ0v) is 9.57. The molecule has 0 aliphatic heterocycles. The first-order valence-corrected chi connectivity index (χ1v) is 5.51. The van der Waals surface area contributed by atoms with Crippen molar-refractivity contribution in [1.82, 2.24) is 5.32 Å². The molecule has 0 saturated heterocycles. The van der Waals surface area contributed by atoms with Gasteiger partial charge in [-0.1, -0.05) is 6.92 Å². The van der Waals surface area contributed by atoms with Crippen LogP contribution in [0.15, 0.2) is 18.2 Å². The van der Waals surface area contributed by atoms with Crippen LogP contribution >= 0.6 is 0 Å².